The number of hydrogen-bond acceptors (Lipinski definition) is 5. The summed E-state index contributed by atoms with van der Waals surface area (Å²) < 4.78 is 26.9. The average molecular weight is 526 g/mol. The van der Waals surface area contributed by atoms with Crippen molar-refractivity contribution in [3.05, 3.63) is 75.3 Å². The lowest BCUT2D eigenvalue weighted by Crippen LogP contribution is -2.25. The van der Waals surface area contributed by atoms with Crippen molar-refractivity contribution in [3.63, 3.8) is 0 Å². The number of benzene rings is 2. The molecule has 194 valence electrons. The molecule has 2 N–H and O–H groups in total. The number of carboxylic acids is 1. The summed E-state index contributed by atoms with van der Waals surface area (Å²) in [6.07, 6.45) is 4.63. The van der Waals surface area contributed by atoms with Crippen LogP contribution in [-0.2, 0) is 16.9 Å². The Balaban J connectivity index is 1.16. The fourth-order valence-electron chi connectivity index (χ4n) is 6.45. The number of halogens is 2. The van der Waals surface area contributed by atoms with Gasteiger partial charge in [-0.2, -0.15) is 0 Å². The molecule has 2 aromatic carbocycles. The van der Waals surface area contributed by atoms with Crippen LogP contribution in [0.15, 0.2) is 40.9 Å². The summed E-state index contributed by atoms with van der Waals surface area (Å²) in [6, 6.07) is 9.55. The second-order valence-corrected chi connectivity index (χ2v) is 11.4. The third kappa shape index (κ3) is 4.47. The molecule has 0 aliphatic heterocycles. The molecule has 37 heavy (non-hydrogen) atoms. The van der Waals surface area contributed by atoms with Crippen molar-refractivity contribution in [2.45, 2.75) is 69.7 Å². The van der Waals surface area contributed by atoms with Crippen molar-refractivity contribution in [1.82, 2.24) is 5.16 Å². The first kappa shape index (κ1) is 24.6. The molecule has 0 radical (unpaired) electrons. The summed E-state index contributed by atoms with van der Waals surface area (Å²) in [5, 5.41) is 25.5. The molecule has 2 unspecified atom stereocenters. The normalized spacial score (nSPS) is 27.0. The Hall–Kier alpha value is -2.74. The Morgan fingerprint density at radius 1 is 1.22 bits per heavy atom. The van der Waals surface area contributed by atoms with E-state index in [9.17, 15) is 14.3 Å². The SMILES string of the molecule is Cc1cccc(Cl)c1-c1noc(C2CC2)c1COC1C[C@@H]2CC(O)(c3ccc(C(=O)O)cc3F)C[C@@H]2C1. The molecule has 4 atom stereocenters. The largest absolute Gasteiger partial charge is 0.478 e. The number of rotatable bonds is 7. The number of aryl methyl sites for hydroxylation is 1. The number of hydrogen-bond donors (Lipinski definition) is 2. The molecule has 1 heterocycles. The predicted octanol–water partition coefficient (Wildman–Crippen LogP) is 6.61. The van der Waals surface area contributed by atoms with Gasteiger partial charge in [-0.05, 0) is 81.0 Å². The van der Waals surface area contributed by atoms with Gasteiger partial charge in [0.25, 0.3) is 0 Å². The standard InChI is InChI=1S/C29H29ClFNO5/c1-15-3-2-4-23(30)25(15)26-21(27(37-32-26)16-5-6-16)14-36-20-9-18-12-29(35,13-19(18)10-20)22-8-7-17(28(33)34)11-24(22)31/h2-4,7-8,11,16,18-20,35H,5-6,9-10,12-14H2,1H3,(H,33,34)/t18-,19+,20?,29?. The third-order valence-corrected chi connectivity index (χ3v) is 8.72. The van der Waals surface area contributed by atoms with E-state index in [0.717, 1.165) is 59.9 Å². The number of carboxylic acid groups (broad SMARTS) is 1. The lowest BCUT2D eigenvalue weighted by atomic mass is 9.88. The van der Waals surface area contributed by atoms with Crippen LogP contribution in [0.3, 0.4) is 0 Å². The number of aromatic carboxylic acids is 1. The first-order valence-corrected chi connectivity index (χ1v) is 13.2. The van der Waals surface area contributed by atoms with Gasteiger partial charge in [0.05, 0.1) is 28.9 Å². The fraction of sp³-hybridized carbons (Fsp3) is 0.448. The van der Waals surface area contributed by atoms with E-state index in [-0.39, 0.29) is 29.1 Å². The average Bonchev–Trinajstić information content (AvgIpc) is 3.39. The summed E-state index contributed by atoms with van der Waals surface area (Å²) in [6.45, 7) is 2.39. The molecule has 6 rings (SSSR count). The molecule has 3 aliphatic rings. The Kier molecular flexibility index (Phi) is 6.13. The van der Waals surface area contributed by atoms with Crippen LogP contribution >= 0.6 is 11.6 Å². The van der Waals surface area contributed by atoms with Gasteiger partial charge in [0.1, 0.15) is 17.3 Å². The topological polar surface area (TPSA) is 92.8 Å². The second-order valence-electron chi connectivity index (χ2n) is 10.9. The zero-order valence-corrected chi connectivity index (χ0v) is 21.3. The van der Waals surface area contributed by atoms with Gasteiger partial charge in [-0.3, -0.25) is 0 Å². The predicted molar refractivity (Wildman–Crippen MR) is 135 cm³/mol. The van der Waals surface area contributed by atoms with Gasteiger partial charge in [0.2, 0.25) is 0 Å². The zero-order valence-electron chi connectivity index (χ0n) is 20.5. The van der Waals surface area contributed by atoms with Crippen molar-refractivity contribution in [2.75, 3.05) is 0 Å². The van der Waals surface area contributed by atoms with E-state index >= 15 is 0 Å². The maximum Gasteiger partial charge on any atom is 0.335 e. The summed E-state index contributed by atoms with van der Waals surface area (Å²) in [4.78, 5) is 11.1. The molecule has 0 spiro atoms. The van der Waals surface area contributed by atoms with Crippen LogP contribution in [0.1, 0.15) is 77.3 Å². The quantitative estimate of drug-likeness (QED) is 0.360. The highest BCUT2D eigenvalue weighted by atomic mass is 35.5. The maximum absolute atomic E-state index is 14.7. The van der Waals surface area contributed by atoms with Gasteiger partial charge in [0, 0.05) is 22.6 Å². The van der Waals surface area contributed by atoms with E-state index in [1.54, 1.807) is 0 Å². The van der Waals surface area contributed by atoms with Crippen molar-refractivity contribution in [3.8, 4) is 11.3 Å². The Morgan fingerprint density at radius 2 is 1.95 bits per heavy atom. The maximum atomic E-state index is 14.7. The molecule has 0 amide bonds. The molecule has 3 fully saturated rings. The van der Waals surface area contributed by atoms with Crippen LogP contribution in [0, 0.1) is 24.6 Å². The Bertz CT molecular complexity index is 1330. The number of nitrogens with zero attached hydrogens (tertiary/aromatic N) is 1. The Morgan fingerprint density at radius 3 is 2.57 bits per heavy atom. The Labute approximate surface area is 219 Å². The first-order valence-electron chi connectivity index (χ1n) is 12.8. The number of ether oxygens (including phenoxy) is 1. The van der Waals surface area contributed by atoms with Crippen LogP contribution < -0.4 is 0 Å². The van der Waals surface area contributed by atoms with Gasteiger partial charge in [0.15, 0.2) is 0 Å². The molecule has 6 nitrogen and oxygen atoms in total. The van der Waals surface area contributed by atoms with Gasteiger partial charge in [-0.1, -0.05) is 35.0 Å². The number of carbonyl (C=O) groups is 1. The minimum atomic E-state index is -1.29. The molecular weight excluding hydrogens is 497 g/mol. The van der Waals surface area contributed by atoms with Gasteiger partial charge >= 0.3 is 5.97 Å². The van der Waals surface area contributed by atoms with E-state index in [2.05, 4.69) is 5.16 Å². The molecule has 3 aliphatic carbocycles. The smallest absolute Gasteiger partial charge is 0.335 e. The summed E-state index contributed by atoms with van der Waals surface area (Å²) in [5.41, 5.74) is 2.39. The van der Waals surface area contributed by atoms with Gasteiger partial charge in [-0.15, -0.1) is 0 Å². The highest BCUT2D eigenvalue weighted by Crippen LogP contribution is 2.54. The summed E-state index contributed by atoms with van der Waals surface area (Å²) in [5.74, 6) is -0.164. The number of aliphatic hydroxyl groups is 1. The van der Waals surface area contributed by atoms with Crippen LogP contribution in [0.25, 0.3) is 11.3 Å². The van der Waals surface area contributed by atoms with E-state index in [4.69, 9.17) is 26.0 Å². The van der Waals surface area contributed by atoms with E-state index in [0.29, 0.717) is 30.4 Å². The molecule has 3 saturated carbocycles. The first-order chi connectivity index (χ1) is 17.7. The monoisotopic (exact) mass is 525 g/mol. The number of fused-ring (bicyclic) bond motifs is 1. The zero-order chi connectivity index (χ0) is 25.9. The molecule has 0 bridgehead atoms. The minimum absolute atomic E-state index is 0.0286. The molecule has 0 saturated heterocycles. The molecule has 8 heteroatoms. The molecular formula is C29H29ClFNO5. The highest BCUT2D eigenvalue weighted by molar-refractivity contribution is 6.33. The summed E-state index contributed by atoms with van der Waals surface area (Å²) >= 11 is 6.54. The van der Waals surface area contributed by atoms with Crippen molar-refractivity contribution in [1.29, 1.82) is 0 Å². The van der Waals surface area contributed by atoms with Crippen LogP contribution in [-0.4, -0.2) is 27.4 Å². The molecule has 1 aromatic heterocycles. The van der Waals surface area contributed by atoms with E-state index < -0.39 is 17.4 Å². The highest BCUT2D eigenvalue weighted by Gasteiger charge is 2.50. The summed E-state index contributed by atoms with van der Waals surface area (Å²) in [7, 11) is 0. The fourth-order valence-corrected chi connectivity index (χ4v) is 6.76. The van der Waals surface area contributed by atoms with Gasteiger partial charge in [-0.25, -0.2) is 9.18 Å². The van der Waals surface area contributed by atoms with E-state index in [1.165, 1.54) is 12.1 Å². The lowest BCUT2D eigenvalue weighted by Gasteiger charge is -2.26. The van der Waals surface area contributed by atoms with E-state index in [1.807, 2.05) is 25.1 Å². The lowest BCUT2D eigenvalue weighted by molar-refractivity contribution is 0.00773. The van der Waals surface area contributed by atoms with Crippen molar-refractivity contribution < 1.29 is 28.7 Å². The van der Waals surface area contributed by atoms with Crippen LogP contribution in [0.2, 0.25) is 5.02 Å². The van der Waals surface area contributed by atoms with Crippen molar-refractivity contribution >= 4 is 17.6 Å². The number of aromatic nitrogens is 1. The van der Waals surface area contributed by atoms with Crippen LogP contribution in [0.5, 0.6) is 0 Å². The van der Waals surface area contributed by atoms with Crippen LogP contribution in [0.4, 0.5) is 4.39 Å². The second kappa shape index (κ2) is 9.22. The minimum Gasteiger partial charge on any atom is -0.478 e. The van der Waals surface area contributed by atoms with Crippen molar-refractivity contribution in [2.24, 2.45) is 11.8 Å². The van der Waals surface area contributed by atoms with Gasteiger partial charge < -0.3 is 19.5 Å². The molecule has 3 aromatic rings. The third-order valence-electron chi connectivity index (χ3n) is 8.40.